The molecular formula is C26H22N6O2S5. The van der Waals surface area contributed by atoms with Crippen LogP contribution < -0.4 is 10.6 Å². The van der Waals surface area contributed by atoms with E-state index in [0.29, 0.717) is 18.9 Å². The van der Waals surface area contributed by atoms with Crippen molar-refractivity contribution in [1.82, 2.24) is 20.2 Å². The molecule has 2 aromatic carbocycles. The molecule has 0 saturated carbocycles. The highest BCUT2D eigenvalue weighted by Gasteiger charge is 2.13. The average Bonchev–Trinajstić information content (AvgIpc) is 3.69. The van der Waals surface area contributed by atoms with E-state index in [-0.39, 0.29) is 23.3 Å². The van der Waals surface area contributed by atoms with Crippen LogP contribution in [0.15, 0.2) is 68.0 Å². The summed E-state index contributed by atoms with van der Waals surface area (Å²) in [6, 6.07) is 16.2. The molecule has 0 unspecified atom stereocenters. The van der Waals surface area contributed by atoms with Crippen LogP contribution in [0.25, 0.3) is 22.5 Å². The van der Waals surface area contributed by atoms with E-state index in [1.807, 2.05) is 73.1 Å². The van der Waals surface area contributed by atoms with Gasteiger partial charge >= 0.3 is 0 Å². The van der Waals surface area contributed by atoms with E-state index in [0.717, 1.165) is 22.5 Å². The molecule has 3 heterocycles. The van der Waals surface area contributed by atoms with E-state index in [1.54, 1.807) is 0 Å². The molecule has 39 heavy (non-hydrogen) atoms. The first-order valence-electron chi connectivity index (χ1n) is 11.7. The van der Waals surface area contributed by atoms with Crippen molar-refractivity contribution in [1.29, 1.82) is 0 Å². The summed E-state index contributed by atoms with van der Waals surface area (Å²) in [6.07, 6.45) is 0. The molecule has 0 aliphatic rings. The maximum Gasteiger partial charge on any atom is 0.236 e. The monoisotopic (exact) mass is 610 g/mol. The fraction of sp³-hybridized carbons (Fsp3) is 0.154. The molecule has 3 aromatic heterocycles. The zero-order chi connectivity index (χ0) is 27.2. The minimum atomic E-state index is -0.165. The van der Waals surface area contributed by atoms with Gasteiger partial charge in [0, 0.05) is 21.9 Å². The lowest BCUT2D eigenvalue weighted by atomic mass is 10.1. The summed E-state index contributed by atoms with van der Waals surface area (Å²) < 4.78 is 1.32. The second kappa shape index (κ2) is 12.8. The molecule has 0 saturated heterocycles. The Morgan fingerprint density at radius 3 is 1.51 bits per heavy atom. The standard InChI is InChI=1S/C26H22N6O2S5/c1-15-3-7-17(8-4-15)19-11-35-23(27-19)29-21(33)13-37-25-31-32-26(39-25)38-14-22(34)30-24-28-20(12-36-24)18-9-5-16(2)6-10-18/h3-12H,13-14H2,1-2H3,(H,27,29,33)(H,28,30,34). The highest BCUT2D eigenvalue weighted by atomic mass is 32.2. The van der Waals surface area contributed by atoms with Gasteiger partial charge in [0.05, 0.1) is 22.9 Å². The molecule has 2 N–H and O–H groups in total. The van der Waals surface area contributed by atoms with Crippen LogP contribution in [-0.4, -0.2) is 43.5 Å². The van der Waals surface area contributed by atoms with E-state index in [2.05, 4.69) is 30.8 Å². The Hall–Kier alpha value is -3.10. The lowest BCUT2D eigenvalue weighted by molar-refractivity contribution is -0.114. The van der Waals surface area contributed by atoms with Gasteiger partial charge in [-0.3, -0.25) is 9.59 Å². The van der Waals surface area contributed by atoms with Crippen molar-refractivity contribution in [2.24, 2.45) is 0 Å². The number of rotatable bonds is 10. The number of aryl methyl sites for hydroxylation is 2. The molecule has 8 nitrogen and oxygen atoms in total. The molecule has 0 aliphatic carbocycles. The van der Waals surface area contributed by atoms with Gasteiger partial charge < -0.3 is 10.6 Å². The topological polar surface area (TPSA) is 110 Å². The Balaban J connectivity index is 1.05. The van der Waals surface area contributed by atoms with Gasteiger partial charge in [0.15, 0.2) is 18.9 Å². The number of benzene rings is 2. The number of carbonyl (C=O) groups is 2. The maximum atomic E-state index is 12.4. The Kier molecular flexibility index (Phi) is 9.04. The molecular weight excluding hydrogens is 589 g/mol. The van der Waals surface area contributed by atoms with Gasteiger partial charge in [-0.05, 0) is 13.8 Å². The van der Waals surface area contributed by atoms with Crippen LogP contribution in [0.4, 0.5) is 10.3 Å². The number of carbonyl (C=O) groups excluding carboxylic acids is 2. The minimum absolute atomic E-state index is 0.165. The molecule has 0 radical (unpaired) electrons. The number of thioether (sulfide) groups is 2. The number of hydrogen-bond donors (Lipinski definition) is 2. The number of thiazole rings is 2. The summed E-state index contributed by atoms with van der Waals surface area (Å²) in [7, 11) is 0. The normalized spacial score (nSPS) is 10.9. The highest BCUT2D eigenvalue weighted by molar-refractivity contribution is 8.03. The Morgan fingerprint density at radius 1 is 0.692 bits per heavy atom. The van der Waals surface area contributed by atoms with Crippen LogP contribution >= 0.6 is 57.5 Å². The smallest absolute Gasteiger partial charge is 0.236 e. The minimum Gasteiger partial charge on any atom is -0.301 e. The van der Waals surface area contributed by atoms with Crippen molar-refractivity contribution in [3.05, 3.63) is 70.4 Å². The average molecular weight is 611 g/mol. The molecule has 5 rings (SSSR count). The zero-order valence-corrected chi connectivity index (χ0v) is 24.9. The second-order valence-electron chi connectivity index (χ2n) is 8.32. The summed E-state index contributed by atoms with van der Waals surface area (Å²) >= 11 is 6.73. The summed E-state index contributed by atoms with van der Waals surface area (Å²) in [5, 5.41) is 18.9. The Labute approximate surface area is 245 Å². The van der Waals surface area contributed by atoms with Crippen LogP contribution in [0.3, 0.4) is 0 Å². The van der Waals surface area contributed by atoms with Gasteiger partial charge in [0.2, 0.25) is 11.8 Å². The number of hydrogen-bond acceptors (Lipinski definition) is 11. The lowest BCUT2D eigenvalue weighted by Crippen LogP contribution is -2.13. The van der Waals surface area contributed by atoms with Gasteiger partial charge in [-0.25, -0.2) is 9.97 Å². The molecule has 0 aliphatic heterocycles. The van der Waals surface area contributed by atoms with Crippen molar-refractivity contribution < 1.29 is 9.59 Å². The van der Waals surface area contributed by atoms with E-state index in [9.17, 15) is 9.59 Å². The third-order valence-electron chi connectivity index (χ3n) is 5.24. The van der Waals surface area contributed by atoms with E-state index in [4.69, 9.17) is 0 Å². The van der Waals surface area contributed by atoms with Crippen LogP contribution in [0.5, 0.6) is 0 Å². The Bertz CT molecular complexity index is 1460. The SMILES string of the molecule is Cc1ccc(-c2csc(NC(=O)CSc3nnc(SCC(=O)Nc4nc(-c5ccc(C)cc5)cs4)s3)n2)cc1. The Morgan fingerprint density at radius 2 is 1.10 bits per heavy atom. The number of anilines is 2. The second-order valence-corrected chi connectivity index (χ2v) is 13.5. The predicted molar refractivity (Wildman–Crippen MR) is 163 cm³/mol. The summed E-state index contributed by atoms with van der Waals surface area (Å²) in [6.45, 7) is 4.08. The predicted octanol–water partition coefficient (Wildman–Crippen LogP) is 6.86. The number of nitrogens with zero attached hydrogens (tertiary/aromatic N) is 4. The van der Waals surface area contributed by atoms with Gasteiger partial charge in [-0.1, -0.05) is 94.5 Å². The largest absolute Gasteiger partial charge is 0.301 e. The van der Waals surface area contributed by atoms with Crippen molar-refractivity contribution in [3.63, 3.8) is 0 Å². The van der Waals surface area contributed by atoms with E-state index >= 15 is 0 Å². The fourth-order valence-corrected chi connectivity index (χ4v) is 7.35. The molecule has 0 bridgehead atoms. The van der Waals surface area contributed by atoms with Crippen LogP contribution in [-0.2, 0) is 9.59 Å². The van der Waals surface area contributed by atoms with E-state index in [1.165, 1.54) is 68.7 Å². The highest BCUT2D eigenvalue weighted by Crippen LogP contribution is 2.30. The third-order valence-corrected chi connectivity index (χ3v) is 9.94. The summed E-state index contributed by atoms with van der Waals surface area (Å²) in [4.78, 5) is 33.8. The quantitative estimate of drug-likeness (QED) is 0.165. The van der Waals surface area contributed by atoms with Crippen molar-refractivity contribution >= 4 is 79.6 Å². The lowest BCUT2D eigenvalue weighted by Gasteiger charge is -2.00. The number of aromatic nitrogens is 4. The molecule has 0 atom stereocenters. The van der Waals surface area contributed by atoms with Gasteiger partial charge in [-0.15, -0.1) is 32.9 Å². The van der Waals surface area contributed by atoms with Crippen molar-refractivity contribution in [2.45, 2.75) is 22.5 Å². The first-order valence-corrected chi connectivity index (χ1v) is 16.2. The number of amides is 2. The maximum absolute atomic E-state index is 12.4. The summed E-state index contributed by atoms with van der Waals surface area (Å²) in [5.74, 6) is 0.0446. The van der Waals surface area contributed by atoms with Crippen LogP contribution in [0, 0.1) is 13.8 Å². The molecule has 198 valence electrons. The van der Waals surface area contributed by atoms with Crippen LogP contribution in [0.1, 0.15) is 11.1 Å². The first kappa shape index (κ1) is 27.5. The van der Waals surface area contributed by atoms with Crippen molar-refractivity contribution in [3.8, 4) is 22.5 Å². The molecule has 0 spiro atoms. The first-order chi connectivity index (χ1) is 18.9. The molecule has 5 aromatic rings. The zero-order valence-electron chi connectivity index (χ0n) is 20.8. The van der Waals surface area contributed by atoms with Crippen molar-refractivity contribution in [2.75, 3.05) is 22.1 Å². The summed E-state index contributed by atoms with van der Waals surface area (Å²) in [5.41, 5.74) is 6.06. The van der Waals surface area contributed by atoms with Gasteiger partial charge in [-0.2, -0.15) is 0 Å². The fourth-order valence-electron chi connectivity index (χ4n) is 3.26. The molecule has 2 amide bonds. The number of nitrogens with one attached hydrogen (secondary N) is 2. The molecule has 13 heteroatoms. The molecule has 0 fully saturated rings. The van der Waals surface area contributed by atoms with Gasteiger partial charge in [0.1, 0.15) is 0 Å². The van der Waals surface area contributed by atoms with Gasteiger partial charge in [0.25, 0.3) is 0 Å². The third kappa shape index (κ3) is 7.73. The van der Waals surface area contributed by atoms with Crippen LogP contribution in [0.2, 0.25) is 0 Å². The van der Waals surface area contributed by atoms with E-state index < -0.39 is 0 Å².